The van der Waals surface area contributed by atoms with E-state index in [-0.39, 0.29) is 17.8 Å². The lowest BCUT2D eigenvalue weighted by Crippen LogP contribution is -2.22. The first-order valence-corrected chi connectivity index (χ1v) is 14.3. The second kappa shape index (κ2) is 13.4. The van der Waals surface area contributed by atoms with Crippen LogP contribution < -0.4 is 20.2 Å². The first-order valence-electron chi connectivity index (χ1n) is 14.3. The Balaban J connectivity index is 1.11. The molecule has 0 aliphatic rings. The maximum absolute atomic E-state index is 13.0. The number of para-hydroxylation sites is 2. The molecular formula is C35H37N3O4. The number of fused-ring (bicyclic) bond motifs is 2. The molecule has 4 aromatic carbocycles. The average Bonchev–Trinajstić information content (AvgIpc) is 3.01. The highest BCUT2D eigenvalue weighted by Crippen LogP contribution is 2.27. The summed E-state index contributed by atoms with van der Waals surface area (Å²) < 4.78 is 10.7. The first kappa shape index (κ1) is 28.9. The van der Waals surface area contributed by atoms with Crippen LogP contribution in [0.2, 0.25) is 0 Å². The van der Waals surface area contributed by atoms with E-state index in [0.29, 0.717) is 16.3 Å². The summed E-state index contributed by atoms with van der Waals surface area (Å²) in [5.41, 5.74) is 5.46. The molecule has 7 heteroatoms. The van der Waals surface area contributed by atoms with Crippen molar-refractivity contribution < 1.29 is 14.3 Å². The molecule has 0 saturated heterocycles. The van der Waals surface area contributed by atoms with Gasteiger partial charge in [-0.2, -0.15) is 0 Å². The zero-order valence-corrected chi connectivity index (χ0v) is 24.4. The molecular weight excluding hydrogens is 526 g/mol. The van der Waals surface area contributed by atoms with Crippen LogP contribution in [0.15, 0.2) is 89.7 Å². The number of hydrogen-bond acceptors (Lipinski definition) is 5. The van der Waals surface area contributed by atoms with Gasteiger partial charge in [0.1, 0.15) is 0 Å². The Morgan fingerprint density at radius 3 is 2.33 bits per heavy atom. The molecule has 0 unspecified atom stereocenters. The fraction of sp³-hybridized carbons (Fsp3) is 0.257. The predicted octanol–water partition coefficient (Wildman–Crippen LogP) is 5.99. The zero-order chi connectivity index (χ0) is 29.5. The Morgan fingerprint density at radius 1 is 0.810 bits per heavy atom. The molecule has 0 bridgehead atoms. The molecule has 1 amide bonds. The van der Waals surface area contributed by atoms with E-state index in [2.05, 4.69) is 40.4 Å². The number of likely N-dealkylation sites (N-methyl/N-ethyl adjacent to an activating group) is 1. The molecule has 5 rings (SSSR count). The molecule has 0 aliphatic carbocycles. The summed E-state index contributed by atoms with van der Waals surface area (Å²) in [6.07, 6.45) is 3.12. The quantitative estimate of drug-likeness (QED) is 0.182. The molecule has 1 aromatic heterocycles. The molecule has 0 fully saturated rings. The number of pyridine rings is 1. The van der Waals surface area contributed by atoms with Gasteiger partial charge < -0.3 is 24.7 Å². The molecule has 7 nitrogen and oxygen atoms in total. The highest BCUT2D eigenvalue weighted by Gasteiger charge is 2.12. The molecule has 216 valence electrons. The molecule has 0 spiro atoms. The second-order valence-electron chi connectivity index (χ2n) is 10.6. The molecule has 1 heterocycles. The van der Waals surface area contributed by atoms with Gasteiger partial charge in [-0.1, -0.05) is 42.5 Å². The number of carbonyl (C=O) groups is 1. The fourth-order valence-electron chi connectivity index (χ4n) is 5.31. The van der Waals surface area contributed by atoms with Crippen LogP contribution in [0.1, 0.15) is 23.1 Å². The van der Waals surface area contributed by atoms with Gasteiger partial charge in [0.2, 0.25) is 5.91 Å². The van der Waals surface area contributed by atoms with Gasteiger partial charge in [-0.15, -0.1) is 0 Å². The van der Waals surface area contributed by atoms with Crippen LogP contribution in [0.3, 0.4) is 0 Å². The summed E-state index contributed by atoms with van der Waals surface area (Å²) >= 11 is 0. The van der Waals surface area contributed by atoms with Gasteiger partial charge in [0.05, 0.1) is 26.2 Å². The second-order valence-corrected chi connectivity index (χ2v) is 10.6. The molecule has 0 radical (unpaired) electrons. The Kier molecular flexibility index (Phi) is 9.19. The van der Waals surface area contributed by atoms with Crippen LogP contribution in [-0.2, 0) is 24.1 Å². The number of anilines is 1. The van der Waals surface area contributed by atoms with E-state index in [0.717, 1.165) is 60.6 Å². The Bertz CT molecular complexity index is 1740. The monoisotopic (exact) mass is 563 g/mol. The summed E-state index contributed by atoms with van der Waals surface area (Å²) in [5, 5.41) is 4.24. The molecule has 0 atom stereocenters. The van der Waals surface area contributed by atoms with Crippen molar-refractivity contribution in [2.24, 2.45) is 0 Å². The number of nitrogens with one attached hydrogen (secondary N) is 2. The van der Waals surface area contributed by atoms with E-state index in [4.69, 9.17) is 9.47 Å². The van der Waals surface area contributed by atoms with Crippen LogP contribution in [0.4, 0.5) is 5.69 Å². The maximum Gasteiger partial charge on any atom is 0.228 e. The minimum atomic E-state index is -0.125. The van der Waals surface area contributed by atoms with Gasteiger partial charge in [-0.05, 0) is 92.0 Å². The van der Waals surface area contributed by atoms with Gasteiger partial charge in [0, 0.05) is 28.5 Å². The molecule has 42 heavy (non-hydrogen) atoms. The van der Waals surface area contributed by atoms with Crippen LogP contribution >= 0.6 is 0 Å². The van der Waals surface area contributed by atoms with Crippen molar-refractivity contribution in [2.45, 2.75) is 25.7 Å². The van der Waals surface area contributed by atoms with E-state index >= 15 is 0 Å². The van der Waals surface area contributed by atoms with Gasteiger partial charge in [-0.3, -0.25) is 9.59 Å². The van der Waals surface area contributed by atoms with E-state index in [1.165, 1.54) is 11.1 Å². The average molecular weight is 564 g/mol. The molecule has 0 aliphatic heterocycles. The number of H-pyrrole nitrogens is 1. The third-order valence-electron chi connectivity index (χ3n) is 7.65. The summed E-state index contributed by atoms with van der Waals surface area (Å²) in [4.78, 5) is 31.6. The molecule has 5 aromatic rings. The Hall–Kier alpha value is -4.62. The number of rotatable bonds is 12. The number of nitrogens with zero attached hydrogens (tertiary/aromatic N) is 1. The number of ether oxygens (including phenoxy) is 2. The van der Waals surface area contributed by atoms with Crippen molar-refractivity contribution in [2.75, 3.05) is 39.7 Å². The maximum atomic E-state index is 13.0. The predicted molar refractivity (Wildman–Crippen MR) is 170 cm³/mol. The van der Waals surface area contributed by atoms with E-state index < -0.39 is 0 Å². The largest absolute Gasteiger partial charge is 0.493 e. The summed E-state index contributed by atoms with van der Waals surface area (Å²) in [7, 11) is 5.45. The number of hydrogen-bond donors (Lipinski definition) is 2. The SMILES string of the molecule is COc1ccc(CCN(C)CCCc2ccc(NC(=O)Cc3cccc4c(=O)c5ccccc5[nH]c34)cc2)cc1OC. The van der Waals surface area contributed by atoms with Gasteiger partial charge in [0.25, 0.3) is 0 Å². The van der Waals surface area contributed by atoms with E-state index in [9.17, 15) is 9.59 Å². The number of aromatic nitrogens is 1. The van der Waals surface area contributed by atoms with Crippen molar-refractivity contribution in [3.63, 3.8) is 0 Å². The van der Waals surface area contributed by atoms with Crippen LogP contribution in [-0.4, -0.2) is 50.1 Å². The normalized spacial score (nSPS) is 11.2. The lowest BCUT2D eigenvalue weighted by molar-refractivity contribution is -0.115. The van der Waals surface area contributed by atoms with E-state index in [1.54, 1.807) is 20.3 Å². The van der Waals surface area contributed by atoms with Crippen molar-refractivity contribution in [1.29, 1.82) is 0 Å². The highest BCUT2D eigenvalue weighted by molar-refractivity contribution is 5.98. The van der Waals surface area contributed by atoms with Gasteiger partial charge >= 0.3 is 0 Å². The van der Waals surface area contributed by atoms with E-state index in [1.807, 2.05) is 60.7 Å². The molecule has 2 N–H and O–H groups in total. The number of carbonyl (C=O) groups excluding carboxylic acids is 1. The number of amides is 1. The third-order valence-corrected chi connectivity index (χ3v) is 7.65. The first-order chi connectivity index (χ1) is 20.4. The standard InChI is InChI=1S/C35H37N3O4/c1-38(21-19-25-15-18-31(41-2)32(22-25)42-3)20-7-8-24-13-16-27(17-14-24)36-33(39)23-26-9-6-11-29-34(26)37-30-12-5-4-10-28(30)35(29)40/h4-6,9-18,22H,7-8,19-21,23H2,1-3H3,(H,36,39)(H,37,40). The fourth-order valence-corrected chi connectivity index (χ4v) is 5.31. The van der Waals surface area contributed by atoms with Crippen LogP contribution in [0.5, 0.6) is 11.5 Å². The van der Waals surface area contributed by atoms with Crippen molar-refractivity contribution in [1.82, 2.24) is 9.88 Å². The lowest BCUT2D eigenvalue weighted by atomic mass is 10.0. The van der Waals surface area contributed by atoms with Gasteiger partial charge in [-0.25, -0.2) is 0 Å². The van der Waals surface area contributed by atoms with Crippen LogP contribution in [0, 0.1) is 0 Å². The smallest absolute Gasteiger partial charge is 0.228 e. The molecule has 0 saturated carbocycles. The topological polar surface area (TPSA) is 83.7 Å². The van der Waals surface area contributed by atoms with Crippen LogP contribution in [0.25, 0.3) is 21.8 Å². The Labute approximate surface area is 246 Å². The number of aromatic amines is 1. The minimum absolute atomic E-state index is 0.0266. The summed E-state index contributed by atoms with van der Waals surface area (Å²) in [5.74, 6) is 1.38. The van der Waals surface area contributed by atoms with Crippen molar-refractivity contribution >= 4 is 33.4 Å². The minimum Gasteiger partial charge on any atom is -0.493 e. The van der Waals surface area contributed by atoms with Crippen molar-refractivity contribution in [3.8, 4) is 11.5 Å². The third kappa shape index (κ3) is 6.81. The Morgan fingerprint density at radius 2 is 1.55 bits per heavy atom. The zero-order valence-electron chi connectivity index (χ0n) is 24.4. The highest BCUT2D eigenvalue weighted by atomic mass is 16.5. The van der Waals surface area contributed by atoms with Gasteiger partial charge in [0.15, 0.2) is 16.9 Å². The summed E-state index contributed by atoms with van der Waals surface area (Å²) in [6, 6.07) is 27.1. The number of aryl methyl sites for hydroxylation is 1. The number of benzene rings is 4. The lowest BCUT2D eigenvalue weighted by Gasteiger charge is -2.17. The number of methoxy groups -OCH3 is 2. The summed E-state index contributed by atoms with van der Waals surface area (Å²) in [6.45, 7) is 1.95. The van der Waals surface area contributed by atoms with Crippen molar-refractivity contribution in [3.05, 3.63) is 112 Å².